The molecule has 1 amide bonds. The lowest BCUT2D eigenvalue weighted by Crippen LogP contribution is -2.38. The van der Waals surface area contributed by atoms with Crippen LogP contribution in [0.1, 0.15) is 41.6 Å². The maximum atomic E-state index is 12.5. The van der Waals surface area contributed by atoms with Crippen LogP contribution < -0.4 is 4.74 Å². The van der Waals surface area contributed by atoms with Gasteiger partial charge in [0.1, 0.15) is 5.75 Å². The van der Waals surface area contributed by atoms with Crippen LogP contribution in [0, 0.1) is 13.8 Å². The van der Waals surface area contributed by atoms with Gasteiger partial charge in [-0.05, 0) is 43.9 Å². The minimum atomic E-state index is 0.154. The molecule has 0 unspecified atom stereocenters. The number of hydrogen-bond donors (Lipinski definition) is 0. The van der Waals surface area contributed by atoms with Crippen molar-refractivity contribution in [3.05, 3.63) is 41.0 Å². The first kappa shape index (κ1) is 16.5. The van der Waals surface area contributed by atoms with Gasteiger partial charge < -0.3 is 14.2 Å². The van der Waals surface area contributed by atoms with E-state index in [0.29, 0.717) is 18.1 Å². The van der Waals surface area contributed by atoms with Gasteiger partial charge in [0.05, 0.1) is 13.5 Å². The molecule has 128 valence electrons. The number of amides is 1. The standard InChI is InChI=1S/C18H23N3O3/c1-12-4-5-14(10-16(12)23-3)11-17(22)21-8-6-15(7-9-21)18-19-13(2)20-24-18/h4-5,10,15H,6-9,11H2,1-3H3. The Morgan fingerprint density at radius 2 is 2.08 bits per heavy atom. The number of methoxy groups -OCH3 is 1. The van der Waals surface area contributed by atoms with E-state index in [1.807, 2.05) is 36.9 Å². The van der Waals surface area contributed by atoms with E-state index in [2.05, 4.69) is 10.1 Å². The first-order valence-electron chi connectivity index (χ1n) is 8.28. The van der Waals surface area contributed by atoms with Gasteiger partial charge in [0.2, 0.25) is 11.8 Å². The number of carbonyl (C=O) groups excluding carboxylic acids is 1. The van der Waals surface area contributed by atoms with Gasteiger partial charge in [-0.3, -0.25) is 4.79 Å². The van der Waals surface area contributed by atoms with E-state index < -0.39 is 0 Å². The normalized spacial score (nSPS) is 15.5. The number of carbonyl (C=O) groups is 1. The predicted molar refractivity (Wildman–Crippen MR) is 89.0 cm³/mol. The van der Waals surface area contributed by atoms with Gasteiger partial charge in [-0.15, -0.1) is 0 Å². The average Bonchev–Trinajstić information content (AvgIpc) is 3.03. The molecule has 1 aliphatic heterocycles. The molecule has 0 spiro atoms. The zero-order valence-electron chi connectivity index (χ0n) is 14.4. The maximum absolute atomic E-state index is 12.5. The number of likely N-dealkylation sites (tertiary alicyclic amines) is 1. The Morgan fingerprint density at radius 1 is 1.33 bits per heavy atom. The molecule has 6 heteroatoms. The van der Waals surface area contributed by atoms with Gasteiger partial charge in [-0.1, -0.05) is 17.3 Å². The van der Waals surface area contributed by atoms with E-state index in [0.717, 1.165) is 42.8 Å². The van der Waals surface area contributed by atoms with Crippen molar-refractivity contribution in [1.82, 2.24) is 15.0 Å². The Balaban J connectivity index is 1.57. The molecular formula is C18H23N3O3. The number of aryl methyl sites for hydroxylation is 2. The van der Waals surface area contributed by atoms with Crippen LogP contribution in [0.2, 0.25) is 0 Å². The number of hydrogen-bond acceptors (Lipinski definition) is 5. The van der Waals surface area contributed by atoms with Gasteiger partial charge in [-0.2, -0.15) is 4.98 Å². The van der Waals surface area contributed by atoms with Gasteiger partial charge >= 0.3 is 0 Å². The fourth-order valence-corrected chi connectivity index (χ4v) is 3.12. The lowest BCUT2D eigenvalue weighted by atomic mass is 9.96. The monoisotopic (exact) mass is 329 g/mol. The minimum Gasteiger partial charge on any atom is -0.496 e. The maximum Gasteiger partial charge on any atom is 0.229 e. The third-order valence-electron chi connectivity index (χ3n) is 4.57. The second-order valence-corrected chi connectivity index (χ2v) is 6.32. The molecule has 2 heterocycles. The first-order valence-corrected chi connectivity index (χ1v) is 8.28. The number of aromatic nitrogens is 2. The molecule has 2 aromatic rings. The van der Waals surface area contributed by atoms with Crippen LogP contribution in [0.5, 0.6) is 5.75 Å². The SMILES string of the molecule is COc1cc(CC(=O)N2CCC(c3nc(C)no3)CC2)ccc1C. The third-order valence-corrected chi connectivity index (χ3v) is 4.57. The van der Waals surface area contributed by atoms with Crippen LogP contribution in [-0.2, 0) is 11.2 Å². The lowest BCUT2D eigenvalue weighted by molar-refractivity contribution is -0.131. The molecule has 1 aromatic heterocycles. The number of ether oxygens (including phenoxy) is 1. The van der Waals surface area contributed by atoms with Gasteiger partial charge in [0.15, 0.2) is 5.82 Å². The van der Waals surface area contributed by atoms with Crippen LogP contribution in [-0.4, -0.2) is 41.1 Å². The molecule has 1 saturated heterocycles. The largest absolute Gasteiger partial charge is 0.496 e. The highest BCUT2D eigenvalue weighted by atomic mass is 16.5. The van der Waals surface area contributed by atoms with Crippen molar-refractivity contribution in [3.63, 3.8) is 0 Å². The molecule has 1 fully saturated rings. The van der Waals surface area contributed by atoms with Crippen molar-refractivity contribution < 1.29 is 14.1 Å². The zero-order valence-corrected chi connectivity index (χ0v) is 14.4. The Hall–Kier alpha value is -2.37. The number of benzene rings is 1. The molecule has 0 bridgehead atoms. The molecule has 24 heavy (non-hydrogen) atoms. The van der Waals surface area contributed by atoms with Crippen LogP contribution >= 0.6 is 0 Å². The summed E-state index contributed by atoms with van der Waals surface area (Å²) in [5, 5.41) is 3.85. The summed E-state index contributed by atoms with van der Waals surface area (Å²) in [7, 11) is 1.65. The fourth-order valence-electron chi connectivity index (χ4n) is 3.12. The van der Waals surface area contributed by atoms with E-state index >= 15 is 0 Å². The minimum absolute atomic E-state index is 0.154. The Morgan fingerprint density at radius 3 is 2.71 bits per heavy atom. The lowest BCUT2D eigenvalue weighted by Gasteiger charge is -2.30. The molecule has 0 N–H and O–H groups in total. The zero-order chi connectivity index (χ0) is 17.1. The second-order valence-electron chi connectivity index (χ2n) is 6.32. The van der Waals surface area contributed by atoms with E-state index in [4.69, 9.17) is 9.26 Å². The molecule has 0 radical (unpaired) electrons. The summed E-state index contributed by atoms with van der Waals surface area (Å²) in [4.78, 5) is 18.8. The first-order chi connectivity index (χ1) is 11.6. The molecule has 3 rings (SSSR count). The Bertz CT molecular complexity index is 718. The van der Waals surface area contributed by atoms with Gasteiger partial charge in [0, 0.05) is 19.0 Å². The van der Waals surface area contributed by atoms with E-state index in [1.54, 1.807) is 7.11 Å². The van der Waals surface area contributed by atoms with Crippen molar-refractivity contribution in [1.29, 1.82) is 0 Å². The van der Waals surface area contributed by atoms with Crippen molar-refractivity contribution in [2.24, 2.45) is 0 Å². The summed E-state index contributed by atoms with van der Waals surface area (Å²) in [5.41, 5.74) is 2.06. The number of rotatable bonds is 4. The third kappa shape index (κ3) is 3.58. The molecule has 1 aliphatic rings. The summed E-state index contributed by atoms with van der Waals surface area (Å²) in [6.07, 6.45) is 2.14. The quantitative estimate of drug-likeness (QED) is 0.862. The fraction of sp³-hybridized carbons (Fsp3) is 0.500. The van der Waals surface area contributed by atoms with Crippen LogP contribution in [0.25, 0.3) is 0 Å². The highest BCUT2D eigenvalue weighted by molar-refractivity contribution is 5.79. The molecule has 0 saturated carbocycles. The van der Waals surface area contributed by atoms with E-state index in [1.165, 1.54) is 0 Å². The van der Waals surface area contributed by atoms with Crippen LogP contribution in [0.3, 0.4) is 0 Å². The second kappa shape index (κ2) is 7.03. The van der Waals surface area contributed by atoms with Gasteiger partial charge in [-0.25, -0.2) is 0 Å². The Labute approximate surface area is 141 Å². The molecule has 0 atom stereocenters. The summed E-state index contributed by atoms with van der Waals surface area (Å²) in [6.45, 7) is 5.28. The summed E-state index contributed by atoms with van der Waals surface area (Å²) >= 11 is 0. The van der Waals surface area contributed by atoms with E-state index in [9.17, 15) is 4.79 Å². The average molecular weight is 329 g/mol. The van der Waals surface area contributed by atoms with Crippen LogP contribution in [0.15, 0.2) is 22.7 Å². The molecule has 6 nitrogen and oxygen atoms in total. The molecule has 1 aromatic carbocycles. The smallest absolute Gasteiger partial charge is 0.229 e. The van der Waals surface area contributed by atoms with Crippen LogP contribution in [0.4, 0.5) is 0 Å². The highest BCUT2D eigenvalue weighted by Crippen LogP contribution is 2.27. The topological polar surface area (TPSA) is 68.5 Å². The van der Waals surface area contributed by atoms with Crippen molar-refractivity contribution >= 4 is 5.91 Å². The number of piperidine rings is 1. The molecular weight excluding hydrogens is 306 g/mol. The summed E-state index contributed by atoms with van der Waals surface area (Å²) < 4.78 is 10.6. The highest BCUT2D eigenvalue weighted by Gasteiger charge is 2.27. The number of nitrogens with zero attached hydrogens (tertiary/aromatic N) is 3. The van der Waals surface area contributed by atoms with Gasteiger partial charge in [0.25, 0.3) is 0 Å². The predicted octanol–water partition coefficient (Wildman–Crippen LogP) is 2.64. The molecule has 0 aliphatic carbocycles. The Kier molecular flexibility index (Phi) is 4.83. The summed E-state index contributed by atoms with van der Waals surface area (Å²) in [6, 6.07) is 5.93. The summed E-state index contributed by atoms with van der Waals surface area (Å²) in [5.74, 6) is 2.60. The van der Waals surface area contributed by atoms with Crippen molar-refractivity contribution in [3.8, 4) is 5.75 Å². The van der Waals surface area contributed by atoms with E-state index in [-0.39, 0.29) is 11.8 Å². The van der Waals surface area contributed by atoms with Crippen molar-refractivity contribution in [2.45, 2.75) is 39.0 Å². The van der Waals surface area contributed by atoms with Crippen molar-refractivity contribution in [2.75, 3.05) is 20.2 Å².